The van der Waals surface area contributed by atoms with Gasteiger partial charge < -0.3 is 10.2 Å². The maximum Gasteiger partial charge on any atom is 0.129 e. The molecule has 16 heavy (non-hydrogen) atoms. The van der Waals surface area contributed by atoms with Crippen molar-refractivity contribution in [2.45, 2.75) is 40.3 Å². The molecule has 0 aliphatic carbocycles. The molecule has 1 heterocycles. The van der Waals surface area contributed by atoms with Crippen molar-refractivity contribution < 1.29 is 0 Å². The number of aromatic nitrogens is 1. The molecule has 0 aliphatic heterocycles. The lowest BCUT2D eigenvalue weighted by molar-refractivity contribution is 0.678. The Hall–Kier alpha value is -1.09. The van der Waals surface area contributed by atoms with Gasteiger partial charge in [-0.05, 0) is 39.4 Å². The monoisotopic (exact) mass is 221 g/mol. The van der Waals surface area contributed by atoms with Crippen LogP contribution in [-0.2, 0) is 6.54 Å². The van der Waals surface area contributed by atoms with Crippen LogP contribution in [0, 0.1) is 0 Å². The van der Waals surface area contributed by atoms with Gasteiger partial charge in [0.2, 0.25) is 0 Å². The van der Waals surface area contributed by atoms with Crippen molar-refractivity contribution in [3.8, 4) is 0 Å². The van der Waals surface area contributed by atoms with Crippen molar-refractivity contribution >= 4 is 5.82 Å². The summed E-state index contributed by atoms with van der Waals surface area (Å²) < 4.78 is 0. The Labute approximate surface area is 98.9 Å². The predicted molar refractivity (Wildman–Crippen MR) is 69.8 cm³/mol. The lowest BCUT2D eigenvalue weighted by atomic mass is 10.3. The standard InChI is InChI=1S/C13H23N3/c1-5-14-10-12-8-7-9-13(15-12)16(6-2)11(3)4/h7-9,11,14H,5-6,10H2,1-4H3. The van der Waals surface area contributed by atoms with Crippen LogP contribution in [0.3, 0.4) is 0 Å². The Morgan fingerprint density at radius 2 is 2.06 bits per heavy atom. The highest BCUT2D eigenvalue weighted by Crippen LogP contribution is 2.14. The fourth-order valence-electron chi connectivity index (χ4n) is 1.77. The van der Waals surface area contributed by atoms with E-state index in [1.165, 1.54) is 0 Å². The first kappa shape index (κ1) is 13.0. The second-order valence-corrected chi connectivity index (χ2v) is 4.15. The van der Waals surface area contributed by atoms with Crippen molar-refractivity contribution in [3.63, 3.8) is 0 Å². The molecule has 3 nitrogen and oxygen atoms in total. The van der Waals surface area contributed by atoms with Crippen LogP contribution in [0.4, 0.5) is 5.82 Å². The van der Waals surface area contributed by atoms with Crippen LogP contribution in [0.5, 0.6) is 0 Å². The lowest BCUT2D eigenvalue weighted by Gasteiger charge is -2.26. The highest BCUT2D eigenvalue weighted by Gasteiger charge is 2.09. The second-order valence-electron chi connectivity index (χ2n) is 4.15. The second kappa shape index (κ2) is 6.48. The predicted octanol–water partition coefficient (Wildman–Crippen LogP) is 2.43. The Bertz CT molecular complexity index is 310. The van der Waals surface area contributed by atoms with Crippen molar-refractivity contribution in [1.29, 1.82) is 0 Å². The normalized spacial score (nSPS) is 10.8. The molecule has 0 unspecified atom stereocenters. The van der Waals surface area contributed by atoms with E-state index in [-0.39, 0.29) is 0 Å². The molecule has 3 heteroatoms. The van der Waals surface area contributed by atoms with E-state index in [0.29, 0.717) is 6.04 Å². The van der Waals surface area contributed by atoms with Gasteiger partial charge in [0.25, 0.3) is 0 Å². The van der Waals surface area contributed by atoms with Gasteiger partial charge in [0.1, 0.15) is 5.82 Å². The van der Waals surface area contributed by atoms with Crippen molar-refractivity contribution in [1.82, 2.24) is 10.3 Å². The van der Waals surface area contributed by atoms with E-state index < -0.39 is 0 Å². The van der Waals surface area contributed by atoms with E-state index in [1.54, 1.807) is 0 Å². The molecule has 0 saturated carbocycles. The maximum absolute atomic E-state index is 4.67. The summed E-state index contributed by atoms with van der Waals surface area (Å²) in [5.74, 6) is 1.08. The lowest BCUT2D eigenvalue weighted by Crippen LogP contribution is -2.31. The molecule has 0 bridgehead atoms. The third-order valence-corrected chi connectivity index (χ3v) is 2.61. The van der Waals surface area contributed by atoms with Crippen LogP contribution in [0.2, 0.25) is 0 Å². The summed E-state index contributed by atoms with van der Waals surface area (Å²) in [6.45, 7) is 11.5. The van der Waals surface area contributed by atoms with Crippen LogP contribution in [0.25, 0.3) is 0 Å². The third-order valence-electron chi connectivity index (χ3n) is 2.61. The SMILES string of the molecule is CCNCc1cccc(N(CC)C(C)C)n1. The highest BCUT2D eigenvalue weighted by molar-refractivity contribution is 5.40. The summed E-state index contributed by atoms with van der Waals surface area (Å²) >= 11 is 0. The quantitative estimate of drug-likeness (QED) is 0.799. The Morgan fingerprint density at radius 1 is 1.31 bits per heavy atom. The number of hydrogen-bond acceptors (Lipinski definition) is 3. The molecule has 0 radical (unpaired) electrons. The Balaban J connectivity index is 2.79. The molecule has 0 spiro atoms. The minimum Gasteiger partial charge on any atom is -0.354 e. The zero-order chi connectivity index (χ0) is 12.0. The summed E-state index contributed by atoms with van der Waals surface area (Å²) in [6.07, 6.45) is 0. The average Bonchev–Trinajstić information content (AvgIpc) is 2.27. The highest BCUT2D eigenvalue weighted by atomic mass is 15.2. The maximum atomic E-state index is 4.67. The van der Waals surface area contributed by atoms with Gasteiger partial charge in [-0.15, -0.1) is 0 Å². The van der Waals surface area contributed by atoms with Crippen LogP contribution in [-0.4, -0.2) is 24.1 Å². The fourth-order valence-corrected chi connectivity index (χ4v) is 1.77. The van der Waals surface area contributed by atoms with Gasteiger partial charge >= 0.3 is 0 Å². The molecule has 0 atom stereocenters. The van der Waals surface area contributed by atoms with Crippen LogP contribution >= 0.6 is 0 Å². The summed E-state index contributed by atoms with van der Waals surface area (Å²) in [7, 11) is 0. The molecule has 90 valence electrons. The molecular formula is C13H23N3. The van der Waals surface area contributed by atoms with Crippen molar-refractivity contribution in [2.75, 3.05) is 18.0 Å². The van der Waals surface area contributed by atoms with Crippen molar-refractivity contribution in [2.24, 2.45) is 0 Å². The minimum absolute atomic E-state index is 0.492. The van der Waals surface area contributed by atoms with Gasteiger partial charge in [-0.3, -0.25) is 0 Å². The molecular weight excluding hydrogens is 198 g/mol. The van der Waals surface area contributed by atoms with Gasteiger partial charge in [0.15, 0.2) is 0 Å². The summed E-state index contributed by atoms with van der Waals surface area (Å²) in [5, 5.41) is 3.30. The van der Waals surface area contributed by atoms with E-state index >= 15 is 0 Å². The zero-order valence-corrected chi connectivity index (χ0v) is 10.8. The van der Waals surface area contributed by atoms with Gasteiger partial charge in [0, 0.05) is 19.1 Å². The molecule has 0 aromatic carbocycles. The van der Waals surface area contributed by atoms with Crippen LogP contribution < -0.4 is 10.2 Å². The number of nitrogens with zero attached hydrogens (tertiary/aromatic N) is 2. The molecule has 0 saturated heterocycles. The molecule has 0 aliphatic rings. The molecule has 1 rings (SSSR count). The van der Waals surface area contributed by atoms with Crippen LogP contribution in [0.1, 0.15) is 33.4 Å². The van der Waals surface area contributed by atoms with E-state index in [0.717, 1.165) is 31.1 Å². The van der Waals surface area contributed by atoms with Gasteiger partial charge in [-0.2, -0.15) is 0 Å². The summed E-state index contributed by atoms with van der Waals surface area (Å²) in [6, 6.07) is 6.73. The third kappa shape index (κ3) is 3.49. The zero-order valence-electron chi connectivity index (χ0n) is 10.8. The average molecular weight is 221 g/mol. The Kier molecular flexibility index (Phi) is 5.26. The molecule has 1 aromatic heterocycles. The molecule has 0 amide bonds. The molecule has 1 N–H and O–H groups in total. The largest absolute Gasteiger partial charge is 0.354 e. The molecule has 1 aromatic rings. The topological polar surface area (TPSA) is 28.2 Å². The molecule has 0 fully saturated rings. The fraction of sp³-hybridized carbons (Fsp3) is 0.615. The summed E-state index contributed by atoms with van der Waals surface area (Å²) in [4.78, 5) is 6.97. The first-order chi connectivity index (χ1) is 7.69. The Morgan fingerprint density at radius 3 is 2.62 bits per heavy atom. The number of anilines is 1. The van der Waals surface area contributed by atoms with Gasteiger partial charge in [-0.25, -0.2) is 4.98 Å². The number of nitrogens with one attached hydrogen (secondary N) is 1. The summed E-state index contributed by atoms with van der Waals surface area (Å²) in [5.41, 5.74) is 1.11. The number of pyridine rings is 1. The van der Waals surface area contributed by atoms with E-state index in [4.69, 9.17) is 0 Å². The van der Waals surface area contributed by atoms with E-state index in [9.17, 15) is 0 Å². The van der Waals surface area contributed by atoms with Gasteiger partial charge in [-0.1, -0.05) is 13.0 Å². The number of hydrogen-bond donors (Lipinski definition) is 1. The first-order valence-corrected chi connectivity index (χ1v) is 6.12. The van der Waals surface area contributed by atoms with E-state index in [2.05, 4.69) is 61.1 Å². The number of rotatable bonds is 6. The van der Waals surface area contributed by atoms with Crippen molar-refractivity contribution in [3.05, 3.63) is 23.9 Å². The smallest absolute Gasteiger partial charge is 0.129 e. The minimum atomic E-state index is 0.492. The van der Waals surface area contributed by atoms with Crippen LogP contribution in [0.15, 0.2) is 18.2 Å². The first-order valence-electron chi connectivity index (χ1n) is 6.12. The van der Waals surface area contributed by atoms with E-state index in [1.807, 2.05) is 0 Å². The van der Waals surface area contributed by atoms with Gasteiger partial charge in [0.05, 0.1) is 5.69 Å².